The van der Waals surface area contributed by atoms with Crippen molar-refractivity contribution in [2.75, 3.05) is 5.73 Å². The fourth-order valence-electron chi connectivity index (χ4n) is 1.87. The Balaban J connectivity index is 0.00000127. The number of nitrogens with two attached hydrogens (primary N) is 1. The summed E-state index contributed by atoms with van der Waals surface area (Å²) in [7, 11) is 0. The van der Waals surface area contributed by atoms with Crippen molar-refractivity contribution in [1.29, 1.82) is 5.41 Å². The lowest BCUT2D eigenvalue weighted by molar-refractivity contribution is 0.217. The fraction of sp³-hybridized carbons (Fsp3) is 0.312. The molecule has 2 aromatic heterocycles. The maximum Gasteiger partial charge on any atom is 0.214 e. The van der Waals surface area contributed by atoms with Gasteiger partial charge in [0.15, 0.2) is 0 Å². The second-order valence-electron chi connectivity index (χ2n) is 4.49. The molecule has 0 amide bonds. The molecule has 0 fully saturated rings. The highest BCUT2D eigenvalue weighted by Crippen LogP contribution is 2.32. The summed E-state index contributed by atoms with van der Waals surface area (Å²) in [4.78, 5) is 8.13. The molecule has 0 spiro atoms. The molecular weight excluding hydrogens is 335 g/mol. The molecule has 0 unspecified atom stereocenters. The molecule has 7 heteroatoms. The lowest BCUT2D eigenvalue weighted by atomic mass is 10.1. The largest absolute Gasteiger partial charge is 0.470 e. The van der Waals surface area contributed by atoms with Crippen LogP contribution in [0.4, 0.5) is 5.69 Å². The zero-order chi connectivity index (χ0) is 17.6. The van der Waals surface area contributed by atoms with Gasteiger partial charge in [-0.2, -0.15) is 0 Å². The van der Waals surface area contributed by atoms with Crippen molar-refractivity contribution in [3.63, 3.8) is 0 Å². The summed E-state index contributed by atoms with van der Waals surface area (Å²) < 4.78 is 5.75. The summed E-state index contributed by atoms with van der Waals surface area (Å²) in [5.74, 6) is 0.349. The number of ether oxygens (including phenoxy) is 1. The first-order chi connectivity index (χ1) is 10.9. The van der Waals surface area contributed by atoms with Crippen LogP contribution in [-0.4, -0.2) is 15.7 Å². The third-order valence-electron chi connectivity index (χ3n) is 2.85. The molecular formula is C16H20Cl2N4O. The van der Waals surface area contributed by atoms with E-state index in [9.17, 15) is 0 Å². The number of hydrogen-bond acceptors (Lipinski definition) is 5. The standard InChI is InChI=1S/C14H14Cl2N4O.C2H6/c1-7(17)14-11(18)3-4-12(20-14)21-8(2)13-9(15)5-19-6-10(13)16;1-2/h3-6,8,17H,18H2,1-2H3;1-2H3/t8-;/m1./s1. The van der Waals surface area contributed by atoms with Crippen LogP contribution in [0.2, 0.25) is 10.0 Å². The van der Waals surface area contributed by atoms with E-state index in [0.717, 1.165) is 0 Å². The number of anilines is 1. The fourth-order valence-corrected chi connectivity index (χ4v) is 2.54. The van der Waals surface area contributed by atoms with Crippen LogP contribution in [-0.2, 0) is 0 Å². The molecule has 2 rings (SSSR count). The van der Waals surface area contributed by atoms with Gasteiger partial charge in [0.25, 0.3) is 0 Å². The van der Waals surface area contributed by atoms with Crippen molar-refractivity contribution in [2.24, 2.45) is 0 Å². The highest BCUT2D eigenvalue weighted by atomic mass is 35.5. The van der Waals surface area contributed by atoms with Gasteiger partial charge >= 0.3 is 0 Å². The van der Waals surface area contributed by atoms with Gasteiger partial charge in [-0.25, -0.2) is 4.98 Å². The summed E-state index contributed by atoms with van der Waals surface area (Å²) in [6.07, 6.45) is 2.60. The monoisotopic (exact) mass is 354 g/mol. The van der Waals surface area contributed by atoms with E-state index in [1.54, 1.807) is 19.1 Å². The van der Waals surface area contributed by atoms with Gasteiger partial charge in [0.05, 0.1) is 21.4 Å². The highest BCUT2D eigenvalue weighted by Gasteiger charge is 2.17. The zero-order valence-corrected chi connectivity index (χ0v) is 15.0. The number of rotatable bonds is 4. The molecule has 0 saturated heterocycles. The average Bonchev–Trinajstić information content (AvgIpc) is 2.50. The molecule has 0 bridgehead atoms. The molecule has 0 aliphatic rings. The van der Waals surface area contributed by atoms with Crippen LogP contribution in [0.1, 0.15) is 45.1 Å². The zero-order valence-electron chi connectivity index (χ0n) is 13.5. The van der Waals surface area contributed by atoms with Crippen molar-refractivity contribution >= 4 is 34.6 Å². The van der Waals surface area contributed by atoms with Crippen molar-refractivity contribution in [3.05, 3.63) is 45.8 Å². The Hall–Kier alpha value is -1.85. The molecule has 3 N–H and O–H groups in total. The van der Waals surface area contributed by atoms with E-state index in [4.69, 9.17) is 39.1 Å². The minimum Gasteiger partial charge on any atom is -0.470 e. The van der Waals surface area contributed by atoms with Gasteiger partial charge in [-0.3, -0.25) is 4.98 Å². The summed E-state index contributed by atoms with van der Waals surface area (Å²) in [5, 5.41) is 8.49. The van der Waals surface area contributed by atoms with Gasteiger partial charge in [-0.1, -0.05) is 37.0 Å². The molecule has 0 aliphatic heterocycles. The van der Waals surface area contributed by atoms with Gasteiger partial charge in [0, 0.05) is 24.0 Å². The number of nitrogen functional groups attached to an aromatic ring is 1. The Bertz CT molecular complexity index is 672. The van der Waals surface area contributed by atoms with E-state index in [1.807, 2.05) is 20.8 Å². The van der Waals surface area contributed by atoms with E-state index in [1.165, 1.54) is 12.4 Å². The molecule has 23 heavy (non-hydrogen) atoms. The normalized spacial score (nSPS) is 11.2. The molecule has 124 valence electrons. The maximum atomic E-state index is 7.64. The van der Waals surface area contributed by atoms with Crippen molar-refractivity contribution in [1.82, 2.24) is 9.97 Å². The second kappa shape index (κ2) is 8.70. The predicted octanol–water partition coefficient (Wildman–Crippen LogP) is 4.92. The van der Waals surface area contributed by atoms with E-state index in [2.05, 4.69) is 9.97 Å². The predicted molar refractivity (Wildman–Crippen MR) is 95.8 cm³/mol. The van der Waals surface area contributed by atoms with E-state index < -0.39 is 6.10 Å². The molecule has 2 aromatic rings. The number of nitrogens with one attached hydrogen (secondary N) is 1. The van der Waals surface area contributed by atoms with Crippen LogP contribution in [0.15, 0.2) is 24.5 Å². The van der Waals surface area contributed by atoms with E-state index >= 15 is 0 Å². The van der Waals surface area contributed by atoms with Crippen molar-refractivity contribution in [2.45, 2.75) is 33.8 Å². The van der Waals surface area contributed by atoms with Crippen LogP contribution in [0, 0.1) is 5.41 Å². The smallest absolute Gasteiger partial charge is 0.214 e. The summed E-state index contributed by atoms with van der Waals surface area (Å²) in [5.41, 5.74) is 7.51. The summed E-state index contributed by atoms with van der Waals surface area (Å²) >= 11 is 12.2. The molecule has 0 aliphatic carbocycles. The highest BCUT2D eigenvalue weighted by molar-refractivity contribution is 6.35. The molecule has 5 nitrogen and oxygen atoms in total. The minimum atomic E-state index is -0.414. The first-order valence-electron chi connectivity index (χ1n) is 7.17. The average molecular weight is 355 g/mol. The molecule has 2 heterocycles. The second-order valence-corrected chi connectivity index (χ2v) is 5.30. The molecule has 0 aromatic carbocycles. The third-order valence-corrected chi connectivity index (χ3v) is 3.45. The molecule has 0 saturated carbocycles. The van der Waals surface area contributed by atoms with Crippen LogP contribution in [0.5, 0.6) is 5.88 Å². The SMILES string of the molecule is CC.CC(=N)c1nc(O[C@H](C)c2c(Cl)cncc2Cl)ccc1N. The first kappa shape index (κ1) is 19.2. The molecule has 0 radical (unpaired) electrons. The Morgan fingerprint density at radius 3 is 2.30 bits per heavy atom. The molecule has 1 atom stereocenters. The number of hydrogen-bond donors (Lipinski definition) is 2. The Labute approximate surface area is 146 Å². The van der Waals surface area contributed by atoms with Crippen LogP contribution in [0.3, 0.4) is 0 Å². The lowest BCUT2D eigenvalue weighted by Gasteiger charge is -2.17. The quantitative estimate of drug-likeness (QED) is 0.763. The van der Waals surface area contributed by atoms with Crippen LogP contribution < -0.4 is 10.5 Å². The van der Waals surface area contributed by atoms with Crippen LogP contribution in [0.25, 0.3) is 0 Å². The Morgan fingerprint density at radius 2 is 1.78 bits per heavy atom. The van der Waals surface area contributed by atoms with Gasteiger partial charge in [-0.05, 0) is 19.9 Å². The van der Waals surface area contributed by atoms with Crippen molar-refractivity contribution < 1.29 is 4.74 Å². The number of aromatic nitrogens is 2. The number of halogens is 2. The maximum absolute atomic E-state index is 7.64. The topological polar surface area (TPSA) is 84.9 Å². The van der Waals surface area contributed by atoms with Gasteiger partial charge in [0.1, 0.15) is 11.8 Å². The Morgan fingerprint density at radius 1 is 1.22 bits per heavy atom. The van der Waals surface area contributed by atoms with Crippen molar-refractivity contribution in [3.8, 4) is 5.88 Å². The Kier molecular flexibility index (Phi) is 7.26. The number of pyridine rings is 2. The van der Waals surface area contributed by atoms with Gasteiger partial charge in [0.2, 0.25) is 5.88 Å². The van der Waals surface area contributed by atoms with Gasteiger partial charge < -0.3 is 15.9 Å². The summed E-state index contributed by atoms with van der Waals surface area (Å²) in [6, 6.07) is 3.29. The first-order valence-corrected chi connectivity index (χ1v) is 7.93. The van der Waals surface area contributed by atoms with Gasteiger partial charge in [-0.15, -0.1) is 0 Å². The lowest BCUT2D eigenvalue weighted by Crippen LogP contribution is -2.09. The van der Waals surface area contributed by atoms with E-state index in [0.29, 0.717) is 32.9 Å². The van der Waals surface area contributed by atoms with E-state index in [-0.39, 0.29) is 5.71 Å². The minimum absolute atomic E-state index is 0.269. The summed E-state index contributed by atoms with van der Waals surface area (Å²) in [6.45, 7) is 7.42. The van der Waals surface area contributed by atoms with Crippen LogP contribution >= 0.6 is 23.2 Å². The third kappa shape index (κ3) is 4.81. The number of nitrogens with zero attached hydrogens (tertiary/aromatic N) is 2.